The maximum Gasteiger partial charge on any atom is 0.410 e. The van der Waals surface area contributed by atoms with Gasteiger partial charge in [-0.15, -0.1) is 0 Å². The van der Waals surface area contributed by atoms with Gasteiger partial charge in [0.15, 0.2) is 5.60 Å². The lowest BCUT2D eigenvalue weighted by atomic mass is 9.79. The number of fused-ring (bicyclic) bond motifs is 3. The van der Waals surface area contributed by atoms with Crippen LogP contribution in [0.15, 0.2) is 127 Å². The minimum Gasteiger partial charge on any atom is -0.448 e. The number of esters is 1. The molecule has 1 saturated heterocycles. The van der Waals surface area contributed by atoms with Crippen molar-refractivity contribution < 1.29 is 33.4 Å². The normalized spacial score (nSPS) is 16.9. The van der Waals surface area contributed by atoms with E-state index in [9.17, 15) is 14.4 Å². The van der Waals surface area contributed by atoms with Gasteiger partial charge in [-0.1, -0.05) is 151 Å². The minimum atomic E-state index is -1.52. The number of nitrogens with zero attached hydrogens (tertiary/aromatic N) is 3. The molecule has 2 unspecified atom stereocenters. The van der Waals surface area contributed by atoms with E-state index in [1.165, 1.54) is 9.80 Å². The third kappa shape index (κ3) is 8.84. The van der Waals surface area contributed by atoms with Crippen LogP contribution in [0.4, 0.5) is 4.79 Å². The van der Waals surface area contributed by atoms with Gasteiger partial charge in [-0.3, -0.25) is 19.3 Å². The smallest absolute Gasteiger partial charge is 0.410 e. The van der Waals surface area contributed by atoms with Gasteiger partial charge in [0.25, 0.3) is 0 Å². The van der Waals surface area contributed by atoms with Crippen LogP contribution in [-0.2, 0) is 34.2 Å². The summed E-state index contributed by atoms with van der Waals surface area (Å²) >= 11 is 6.97. The van der Waals surface area contributed by atoms with E-state index < -0.39 is 48.0 Å². The topological polar surface area (TPSA) is 106 Å². The maximum absolute atomic E-state index is 15.1. The van der Waals surface area contributed by atoms with Crippen LogP contribution in [-0.4, -0.2) is 97.7 Å². The van der Waals surface area contributed by atoms with Crippen molar-refractivity contribution in [2.75, 3.05) is 47.0 Å². The van der Waals surface area contributed by atoms with Crippen molar-refractivity contribution in [2.24, 2.45) is 5.92 Å². The van der Waals surface area contributed by atoms with E-state index in [0.29, 0.717) is 48.0 Å². The highest BCUT2D eigenvalue weighted by atomic mass is 35.5. The van der Waals surface area contributed by atoms with Gasteiger partial charge in [-0.25, -0.2) is 4.79 Å². The van der Waals surface area contributed by atoms with Crippen molar-refractivity contribution in [3.05, 3.63) is 166 Å². The van der Waals surface area contributed by atoms with Crippen LogP contribution in [0, 0.1) is 12.8 Å². The van der Waals surface area contributed by atoms with E-state index >= 15 is 4.79 Å². The number of morpholine rings is 1. The zero-order valence-corrected chi connectivity index (χ0v) is 36.8. The third-order valence-electron chi connectivity index (χ3n) is 13.1. The molecule has 5 aromatic rings. The van der Waals surface area contributed by atoms with Crippen LogP contribution in [0.1, 0.15) is 71.4 Å². The van der Waals surface area contributed by atoms with Gasteiger partial charge in [0.2, 0.25) is 11.8 Å². The van der Waals surface area contributed by atoms with Crippen LogP contribution >= 0.6 is 11.6 Å². The Morgan fingerprint density at radius 3 is 1.95 bits per heavy atom. The molecule has 63 heavy (non-hydrogen) atoms. The molecular formula is C52H54ClN3O7. The van der Waals surface area contributed by atoms with Crippen LogP contribution in [0.2, 0.25) is 5.02 Å². The summed E-state index contributed by atoms with van der Waals surface area (Å²) in [7, 11) is 3.14. The SMILES string of the molecule is Cc1ccc(C(OC(=O)C[C@@H](C(=O)N2CCOCC2)N(C)C(=O)C(C2CCCC2)N(C)C(=O)OCC2c3ccccc3-c3ccccc32)(c2ccccc2)c2ccccc2Cl)cc1. The lowest BCUT2D eigenvalue weighted by Gasteiger charge is -2.39. The number of carbonyl (C=O) groups excluding carboxylic acids is 4. The second-order valence-corrected chi connectivity index (χ2v) is 17.3. The average molecular weight is 868 g/mol. The molecule has 3 aliphatic rings. The van der Waals surface area contributed by atoms with E-state index in [2.05, 4.69) is 24.3 Å². The fourth-order valence-corrected chi connectivity index (χ4v) is 10.0. The van der Waals surface area contributed by atoms with Crippen molar-refractivity contribution in [3.63, 3.8) is 0 Å². The average Bonchev–Trinajstić information content (AvgIpc) is 3.96. The van der Waals surface area contributed by atoms with Gasteiger partial charge in [-0.05, 0) is 54.0 Å². The molecule has 5 aromatic carbocycles. The Balaban J connectivity index is 1.10. The Kier molecular flexibility index (Phi) is 13.3. The quantitative estimate of drug-likeness (QED) is 0.0860. The van der Waals surface area contributed by atoms with E-state index in [-0.39, 0.29) is 18.4 Å². The summed E-state index contributed by atoms with van der Waals surface area (Å²) in [5, 5.41) is 0.388. The number of benzene rings is 5. The summed E-state index contributed by atoms with van der Waals surface area (Å²) in [6, 6.07) is 38.4. The number of ether oxygens (including phenoxy) is 3. The van der Waals surface area contributed by atoms with Gasteiger partial charge in [0, 0.05) is 54.8 Å². The Hall–Kier alpha value is -5.97. The van der Waals surface area contributed by atoms with Gasteiger partial charge in [0.05, 0.1) is 19.6 Å². The molecule has 0 bridgehead atoms. The molecular weight excluding hydrogens is 814 g/mol. The summed E-state index contributed by atoms with van der Waals surface area (Å²) in [6.07, 6.45) is 2.17. The first-order chi connectivity index (χ1) is 30.6. The lowest BCUT2D eigenvalue weighted by Crippen LogP contribution is -2.58. The molecule has 10 nitrogen and oxygen atoms in total. The van der Waals surface area contributed by atoms with Crippen molar-refractivity contribution in [2.45, 2.75) is 62.6 Å². The third-order valence-corrected chi connectivity index (χ3v) is 13.4. The Morgan fingerprint density at radius 2 is 1.32 bits per heavy atom. The van der Waals surface area contributed by atoms with E-state index in [1.807, 2.05) is 104 Å². The van der Waals surface area contributed by atoms with E-state index in [4.69, 9.17) is 25.8 Å². The van der Waals surface area contributed by atoms with Crippen LogP contribution in [0.5, 0.6) is 0 Å². The van der Waals surface area contributed by atoms with Gasteiger partial charge < -0.3 is 24.0 Å². The summed E-state index contributed by atoms with van der Waals surface area (Å²) in [6.45, 7) is 3.33. The van der Waals surface area contributed by atoms with Crippen molar-refractivity contribution in [1.29, 1.82) is 0 Å². The summed E-state index contributed by atoms with van der Waals surface area (Å²) in [5.74, 6) is -1.90. The number of carbonyl (C=O) groups is 4. The number of hydrogen-bond acceptors (Lipinski definition) is 7. The highest BCUT2D eigenvalue weighted by Gasteiger charge is 2.46. The summed E-state index contributed by atoms with van der Waals surface area (Å²) in [4.78, 5) is 63.2. The number of likely N-dealkylation sites (N-methyl/N-ethyl adjacent to an activating group) is 2. The van der Waals surface area contributed by atoms with Gasteiger partial charge >= 0.3 is 12.1 Å². The molecule has 0 spiro atoms. The zero-order chi connectivity index (χ0) is 44.1. The standard InChI is InChI=1S/C52H54ClN3O7/c1-35-25-27-38(28-26-35)52(37-17-5-4-6-18-37,44-23-13-14-24-45(44)53)63-47(57)33-46(49(58)56-29-31-61-32-30-56)54(2)50(59)48(36-15-7-8-16-36)55(3)51(60)62-34-43-41-21-11-9-19-39(41)40-20-10-12-22-42(40)43/h4-6,9-14,17-28,36,43,46,48H,7-8,15-16,29-34H2,1-3H3/t46-,48?,52?/m0/s1. The van der Waals surface area contributed by atoms with E-state index in [1.54, 1.807) is 25.1 Å². The molecule has 1 aliphatic heterocycles. The van der Waals surface area contributed by atoms with Crippen molar-refractivity contribution in [3.8, 4) is 11.1 Å². The molecule has 1 saturated carbocycles. The van der Waals surface area contributed by atoms with Crippen molar-refractivity contribution in [1.82, 2.24) is 14.7 Å². The summed E-state index contributed by atoms with van der Waals surface area (Å²) in [5.41, 5.74) is 5.76. The maximum atomic E-state index is 15.1. The predicted molar refractivity (Wildman–Crippen MR) is 242 cm³/mol. The lowest BCUT2D eigenvalue weighted by molar-refractivity contribution is -0.161. The Bertz CT molecular complexity index is 2390. The largest absolute Gasteiger partial charge is 0.448 e. The predicted octanol–water partition coefficient (Wildman–Crippen LogP) is 9.00. The molecule has 0 radical (unpaired) electrons. The highest BCUT2D eigenvalue weighted by molar-refractivity contribution is 6.31. The fraction of sp³-hybridized carbons (Fsp3) is 0.346. The first-order valence-corrected chi connectivity index (χ1v) is 22.3. The molecule has 0 N–H and O–H groups in total. The Morgan fingerprint density at radius 1 is 0.746 bits per heavy atom. The van der Waals surface area contributed by atoms with Gasteiger partial charge in [0.1, 0.15) is 18.7 Å². The molecule has 326 valence electrons. The van der Waals surface area contributed by atoms with Gasteiger partial charge in [-0.2, -0.15) is 0 Å². The molecule has 11 heteroatoms. The number of rotatable bonds is 13. The first-order valence-electron chi connectivity index (χ1n) is 21.9. The Labute approximate surface area is 374 Å². The van der Waals surface area contributed by atoms with Crippen LogP contribution in [0.3, 0.4) is 0 Å². The molecule has 3 amide bonds. The number of halogens is 1. The fourth-order valence-electron chi connectivity index (χ4n) is 9.74. The first kappa shape index (κ1) is 43.7. The van der Waals surface area contributed by atoms with E-state index in [0.717, 1.165) is 53.5 Å². The summed E-state index contributed by atoms with van der Waals surface area (Å²) < 4.78 is 18.4. The molecule has 2 fully saturated rings. The highest BCUT2D eigenvalue weighted by Crippen LogP contribution is 2.46. The monoisotopic (exact) mass is 867 g/mol. The minimum absolute atomic E-state index is 0.0954. The van der Waals surface area contributed by atoms with Crippen LogP contribution in [0.25, 0.3) is 11.1 Å². The molecule has 0 aromatic heterocycles. The zero-order valence-electron chi connectivity index (χ0n) is 36.1. The van der Waals surface area contributed by atoms with Crippen molar-refractivity contribution >= 4 is 35.5 Å². The molecule has 3 atom stereocenters. The molecule has 1 heterocycles. The second-order valence-electron chi connectivity index (χ2n) is 16.9. The van der Waals surface area contributed by atoms with Crippen LogP contribution < -0.4 is 0 Å². The second kappa shape index (κ2) is 19.2. The molecule has 2 aliphatic carbocycles. The molecule has 8 rings (SSSR count). The number of hydrogen-bond donors (Lipinski definition) is 0. The number of amides is 3. The number of aryl methyl sites for hydroxylation is 1.